The van der Waals surface area contributed by atoms with Crippen LogP contribution >= 0.6 is 43.2 Å². The molecule has 0 saturated carbocycles. The molecule has 0 atom stereocenters. The lowest BCUT2D eigenvalue weighted by Gasteiger charge is -2.07. The average Bonchev–Trinajstić information content (AvgIpc) is 2.69. The van der Waals surface area contributed by atoms with E-state index in [1.54, 1.807) is 12.1 Å². The van der Waals surface area contributed by atoms with Crippen molar-refractivity contribution in [2.45, 2.75) is 6.61 Å². The van der Waals surface area contributed by atoms with Crippen molar-refractivity contribution in [1.29, 1.82) is 0 Å². The second-order valence-corrected chi connectivity index (χ2v) is 6.82. The van der Waals surface area contributed by atoms with Crippen molar-refractivity contribution in [3.8, 4) is 5.75 Å². The summed E-state index contributed by atoms with van der Waals surface area (Å²) in [5, 5.41) is 2.62. The van der Waals surface area contributed by atoms with Gasteiger partial charge in [-0.2, -0.15) is 8.78 Å². The van der Waals surface area contributed by atoms with Crippen LogP contribution in [0.5, 0.6) is 5.75 Å². The van der Waals surface area contributed by atoms with E-state index in [9.17, 15) is 13.6 Å². The second-order valence-electron chi connectivity index (χ2n) is 3.59. The van der Waals surface area contributed by atoms with Crippen molar-refractivity contribution < 1.29 is 18.3 Å². The summed E-state index contributed by atoms with van der Waals surface area (Å²) in [5.41, 5.74) is 0.383. The zero-order chi connectivity index (χ0) is 14.7. The topological polar surface area (TPSA) is 38.3 Å². The van der Waals surface area contributed by atoms with Crippen LogP contribution in [0.4, 0.5) is 14.5 Å². The van der Waals surface area contributed by atoms with Crippen LogP contribution in [-0.4, -0.2) is 12.5 Å². The Hall–Kier alpha value is -0.990. The Morgan fingerprint density at radius 2 is 2.05 bits per heavy atom. The predicted octanol–water partition coefficient (Wildman–Crippen LogP) is 5.13. The number of carbonyl (C=O) groups is 1. The van der Waals surface area contributed by atoms with Crippen molar-refractivity contribution in [3.05, 3.63) is 43.5 Å². The van der Waals surface area contributed by atoms with Gasteiger partial charge in [-0.05, 0) is 50.1 Å². The number of carbonyl (C=O) groups excluding carboxylic acids is 1. The quantitative estimate of drug-likeness (QED) is 0.736. The number of alkyl halides is 2. The van der Waals surface area contributed by atoms with E-state index in [1.165, 1.54) is 29.5 Å². The molecule has 1 aromatic carbocycles. The number of benzene rings is 1. The molecule has 1 amide bonds. The van der Waals surface area contributed by atoms with Gasteiger partial charge in [0.2, 0.25) is 0 Å². The molecule has 0 fully saturated rings. The van der Waals surface area contributed by atoms with Crippen molar-refractivity contribution in [2.24, 2.45) is 0 Å². The van der Waals surface area contributed by atoms with Gasteiger partial charge in [-0.15, -0.1) is 11.3 Å². The van der Waals surface area contributed by atoms with Crippen molar-refractivity contribution >= 4 is 54.8 Å². The van der Waals surface area contributed by atoms with Crippen LogP contribution in [0.25, 0.3) is 0 Å². The molecule has 2 aromatic rings. The fourth-order valence-electron chi connectivity index (χ4n) is 1.40. The molecule has 8 heteroatoms. The maximum absolute atomic E-state index is 12.1. The number of nitrogens with one attached hydrogen (secondary N) is 1. The first-order chi connectivity index (χ1) is 9.45. The fraction of sp³-hybridized carbons (Fsp3) is 0.0833. The van der Waals surface area contributed by atoms with E-state index < -0.39 is 6.61 Å². The van der Waals surface area contributed by atoms with Gasteiger partial charge in [0.1, 0.15) is 5.75 Å². The minimum Gasteiger partial charge on any atom is -0.435 e. The molecule has 0 aliphatic rings. The Kier molecular flexibility index (Phi) is 5.11. The molecule has 3 nitrogen and oxygen atoms in total. The largest absolute Gasteiger partial charge is 0.435 e. The molecular formula is C12H7Br2F2NO2S. The summed E-state index contributed by atoms with van der Waals surface area (Å²) >= 11 is 7.85. The number of halogens is 4. The molecule has 0 bridgehead atoms. The van der Waals surface area contributed by atoms with Crippen LogP contribution in [0, 0.1) is 0 Å². The zero-order valence-electron chi connectivity index (χ0n) is 9.70. The summed E-state index contributed by atoms with van der Waals surface area (Å²) in [5.74, 6) is -0.332. The number of ether oxygens (including phenoxy) is 1. The molecule has 20 heavy (non-hydrogen) atoms. The molecule has 0 saturated heterocycles. The minimum absolute atomic E-state index is 0.00802. The predicted molar refractivity (Wildman–Crippen MR) is 80.7 cm³/mol. The molecule has 1 N–H and O–H groups in total. The number of thiophene rings is 1. The average molecular weight is 427 g/mol. The molecule has 1 aromatic heterocycles. The normalized spacial score (nSPS) is 10.7. The van der Waals surface area contributed by atoms with Gasteiger partial charge in [-0.3, -0.25) is 4.79 Å². The van der Waals surface area contributed by atoms with E-state index in [-0.39, 0.29) is 11.7 Å². The van der Waals surface area contributed by atoms with Gasteiger partial charge in [-0.1, -0.05) is 6.07 Å². The fourth-order valence-corrected chi connectivity index (χ4v) is 3.33. The van der Waals surface area contributed by atoms with E-state index in [2.05, 4.69) is 41.9 Å². The smallest absolute Gasteiger partial charge is 0.387 e. The summed E-state index contributed by atoms with van der Waals surface area (Å²) in [6.07, 6.45) is 0. The highest BCUT2D eigenvalue weighted by atomic mass is 79.9. The maximum Gasteiger partial charge on any atom is 0.387 e. The van der Waals surface area contributed by atoms with Gasteiger partial charge in [0.25, 0.3) is 5.91 Å². The van der Waals surface area contributed by atoms with Crippen molar-refractivity contribution in [2.75, 3.05) is 5.32 Å². The van der Waals surface area contributed by atoms with Crippen LogP contribution in [0.15, 0.2) is 38.6 Å². The van der Waals surface area contributed by atoms with Crippen LogP contribution in [0.1, 0.15) is 9.67 Å². The van der Waals surface area contributed by atoms with Gasteiger partial charge in [0.05, 0.1) is 8.66 Å². The number of amides is 1. The zero-order valence-corrected chi connectivity index (χ0v) is 13.7. The van der Waals surface area contributed by atoms with E-state index in [0.717, 1.165) is 8.26 Å². The third-order valence-corrected chi connectivity index (χ3v) is 5.44. The van der Waals surface area contributed by atoms with Gasteiger partial charge in [0.15, 0.2) is 0 Å². The summed E-state index contributed by atoms with van der Waals surface area (Å²) < 4.78 is 30.1. The lowest BCUT2D eigenvalue weighted by atomic mass is 10.3. The van der Waals surface area contributed by atoms with Crippen LogP contribution in [0.2, 0.25) is 0 Å². The van der Waals surface area contributed by atoms with Crippen molar-refractivity contribution in [3.63, 3.8) is 0 Å². The van der Waals surface area contributed by atoms with E-state index in [1.807, 2.05) is 0 Å². The molecule has 0 aliphatic carbocycles. The molecule has 2 rings (SSSR count). The Morgan fingerprint density at radius 1 is 1.30 bits per heavy atom. The lowest BCUT2D eigenvalue weighted by molar-refractivity contribution is -0.0497. The lowest BCUT2D eigenvalue weighted by Crippen LogP contribution is -2.10. The number of rotatable bonds is 4. The van der Waals surface area contributed by atoms with Crippen LogP contribution in [-0.2, 0) is 0 Å². The molecule has 0 radical (unpaired) electrons. The van der Waals surface area contributed by atoms with Crippen LogP contribution < -0.4 is 10.1 Å². The summed E-state index contributed by atoms with van der Waals surface area (Å²) in [6.45, 7) is -2.90. The van der Waals surface area contributed by atoms with Gasteiger partial charge < -0.3 is 10.1 Å². The minimum atomic E-state index is -2.90. The summed E-state index contributed by atoms with van der Waals surface area (Å²) in [4.78, 5) is 12.5. The van der Waals surface area contributed by atoms with Gasteiger partial charge in [-0.25, -0.2) is 0 Å². The Labute approximate surface area is 134 Å². The van der Waals surface area contributed by atoms with Gasteiger partial charge >= 0.3 is 6.61 Å². The summed E-state index contributed by atoms with van der Waals surface area (Å²) in [6, 6.07) is 7.51. The van der Waals surface area contributed by atoms with E-state index in [4.69, 9.17) is 0 Å². The first-order valence-electron chi connectivity index (χ1n) is 5.27. The van der Waals surface area contributed by atoms with E-state index in [0.29, 0.717) is 10.6 Å². The van der Waals surface area contributed by atoms with Crippen LogP contribution in [0.3, 0.4) is 0 Å². The SMILES string of the molecule is O=C(Nc1cccc(OC(F)F)c1)c1cc(Br)c(Br)s1. The Bertz CT molecular complexity index is 614. The van der Waals surface area contributed by atoms with Gasteiger partial charge in [0, 0.05) is 16.2 Å². The molecule has 106 valence electrons. The number of anilines is 1. The Morgan fingerprint density at radius 3 is 2.65 bits per heavy atom. The highest BCUT2D eigenvalue weighted by Crippen LogP contribution is 2.32. The molecular weight excluding hydrogens is 420 g/mol. The Balaban J connectivity index is 2.11. The second kappa shape index (κ2) is 6.64. The first kappa shape index (κ1) is 15.4. The number of hydrogen-bond donors (Lipinski definition) is 1. The molecule has 0 spiro atoms. The molecule has 1 heterocycles. The molecule has 0 unspecified atom stereocenters. The summed E-state index contributed by atoms with van der Waals surface area (Å²) in [7, 11) is 0. The third kappa shape index (κ3) is 4.00. The standard InChI is InChI=1S/C12H7Br2F2NO2S/c13-8-5-9(20-10(8)14)11(18)17-6-2-1-3-7(4-6)19-12(15)16/h1-5,12H,(H,17,18). The van der Waals surface area contributed by atoms with E-state index >= 15 is 0 Å². The molecule has 0 aliphatic heterocycles. The third-order valence-electron chi connectivity index (χ3n) is 2.19. The monoisotopic (exact) mass is 425 g/mol. The maximum atomic E-state index is 12.1. The number of hydrogen-bond acceptors (Lipinski definition) is 3. The highest BCUT2D eigenvalue weighted by Gasteiger charge is 2.13. The highest BCUT2D eigenvalue weighted by molar-refractivity contribution is 9.13. The van der Waals surface area contributed by atoms with Crippen molar-refractivity contribution in [1.82, 2.24) is 0 Å². The first-order valence-corrected chi connectivity index (χ1v) is 7.67.